The summed E-state index contributed by atoms with van der Waals surface area (Å²) in [6, 6.07) is 22.5. The third-order valence-corrected chi connectivity index (χ3v) is 5.53. The molecular formula is C28H31NO4. The first-order valence-electron chi connectivity index (χ1n) is 11.1. The number of pyridine rings is 1. The van der Waals surface area contributed by atoms with E-state index in [4.69, 9.17) is 4.74 Å². The van der Waals surface area contributed by atoms with Gasteiger partial charge in [-0.1, -0.05) is 60.7 Å². The van der Waals surface area contributed by atoms with Crippen molar-refractivity contribution in [3.8, 4) is 5.75 Å². The van der Waals surface area contributed by atoms with Crippen LogP contribution in [0, 0.1) is 5.92 Å². The lowest BCUT2D eigenvalue weighted by Gasteiger charge is -2.25. The summed E-state index contributed by atoms with van der Waals surface area (Å²) in [5.74, 6) is -0.350. The van der Waals surface area contributed by atoms with Gasteiger partial charge in [0.05, 0.1) is 31.1 Å². The second-order valence-corrected chi connectivity index (χ2v) is 7.93. The summed E-state index contributed by atoms with van der Waals surface area (Å²) >= 11 is 0. The van der Waals surface area contributed by atoms with Gasteiger partial charge in [0.15, 0.2) is 0 Å². The molecule has 3 rings (SSSR count). The van der Waals surface area contributed by atoms with Gasteiger partial charge >= 0.3 is 0 Å². The zero-order chi connectivity index (χ0) is 23.5. The summed E-state index contributed by atoms with van der Waals surface area (Å²) in [7, 11) is 0. The molecule has 5 heteroatoms. The lowest BCUT2D eigenvalue weighted by atomic mass is 9.90. The molecule has 0 fully saturated rings. The number of nitrogens with zero attached hydrogens (tertiary/aromatic N) is 1. The molecule has 0 aliphatic rings. The van der Waals surface area contributed by atoms with Crippen molar-refractivity contribution in [2.75, 3.05) is 6.61 Å². The van der Waals surface area contributed by atoms with E-state index in [2.05, 4.69) is 11.6 Å². The number of aromatic hydroxyl groups is 1. The molecule has 33 heavy (non-hydrogen) atoms. The smallest absolute Gasteiger partial charge is 0.122 e. The minimum atomic E-state index is -0.873. The van der Waals surface area contributed by atoms with E-state index in [1.807, 2.05) is 66.7 Å². The number of rotatable bonds is 12. The number of aliphatic hydroxyl groups excluding tert-OH is 2. The number of hydrogen-bond acceptors (Lipinski definition) is 5. The quantitative estimate of drug-likeness (QED) is 0.347. The highest BCUT2D eigenvalue weighted by Crippen LogP contribution is 2.28. The number of hydrogen-bond donors (Lipinski definition) is 3. The molecule has 5 nitrogen and oxygen atoms in total. The minimum Gasteiger partial charge on any atom is -0.507 e. The molecule has 172 valence electrons. The maximum atomic E-state index is 10.8. The molecule has 2 aromatic carbocycles. The van der Waals surface area contributed by atoms with Gasteiger partial charge in [-0.05, 0) is 48.3 Å². The molecule has 0 saturated heterocycles. The first-order valence-corrected chi connectivity index (χ1v) is 11.1. The molecular weight excluding hydrogens is 414 g/mol. The van der Waals surface area contributed by atoms with Crippen LogP contribution in [0.2, 0.25) is 0 Å². The molecule has 0 spiro atoms. The van der Waals surface area contributed by atoms with Crippen LogP contribution in [0.1, 0.15) is 29.7 Å². The number of para-hydroxylation sites is 1. The summed E-state index contributed by atoms with van der Waals surface area (Å²) < 4.78 is 5.64. The van der Waals surface area contributed by atoms with Crippen LogP contribution in [0.15, 0.2) is 91.6 Å². The van der Waals surface area contributed by atoms with Crippen molar-refractivity contribution in [3.05, 3.63) is 108 Å². The maximum Gasteiger partial charge on any atom is 0.122 e. The van der Waals surface area contributed by atoms with E-state index in [0.29, 0.717) is 25.0 Å². The van der Waals surface area contributed by atoms with E-state index in [-0.39, 0.29) is 12.4 Å². The Hall–Kier alpha value is -3.25. The molecule has 0 amide bonds. The van der Waals surface area contributed by atoms with Crippen LogP contribution in [0.3, 0.4) is 0 Å². The normalized spacial score (nSPS) is 14.4. The van der Waals surface area contributed by atoms with Crippen molar-refractivity contribution >= 4 is 11.6 Å². The highest BCUT2D eigenvalue weighted by Gasteiger charge is 2.25. The Labute approximate surface area is 195 Å². The number of phenols is 1. The first kappa shape index (κ1) is 24.4. The molecule has 3 N–H and O–H groups in total. The lowest BCUT2D eigenvalue weighted by molar-refractivity contribution is -0.0270. The van der Waals surface area contributed by atoms with Crippen molar-refractivity contribution in [3.63, 3.8) is 0 Å². The van der Waals surface area contributed by atoms with Crippen molar-refractivity contribution in [1.29, 1.82) is 0 Å². The van der Waals surface area contributed by atoms with Crippen molar-refractivity contribution in [2.45, 2.75) is 31.7 Å². The Bertz CT molecular complexity index is 1020. The van der Waals surface area contributed by atoms with Gasteiger partial charge in [0, 0.05) is 17.7 Å². The van der Waals surface area contributed by atoms with Gasteiger partial charge in [-0.25, -0.2) is 0 Å². The van der Waals surface area contributed by atoms with Gasteiger partial charge in [0.1, 0.15) is 5.75 Å². The summed E-state index contributed by atoms with van der Waals surface area (Å²) in [6.45, 7) is 4.29. The Morgan fingerprint density at radius 1 is 0.939 bits per heavy atom. The first-order chi connectivity index (χ1) is 16.1. The van der Waals surface area contributed by atoms with Crippen LogP contribution in [-0.4, -0.2) is 39.1 Å². The predicted molar refractivity (Wildman–Crippen MR) is 131 cm³/mol. The largest absolute Gasteiger partial charge is 0.507 e. The second-order valence-electron chi connectivity index (χ2n) is 7.93. The number of aliphatic hydroxyl groups is 2. The van der Waals surface area contributed by atoms with E-state index in [1.54, 1.807) is 24.4 Å². The molecule has 0 aliphatic carbocycles. The Morgan fingerprint density at radius 3 is 2.36 bits per heavy atom. The highest BCUT2D eigenvalue weighted by atomic mass is 16.5. The van der Waals surface area contributed by atoms with Crippen LogP contribution in [0.5, 0.6) is 5.75 Å². The maximum absolute atomic E-state index is 10.8. The Balaban J connectivity index is 1.63. The van der Waals surface area contributed by atoms with E-state index < -0.39 is 18.1 Å². The third-order valence-electron chi connectivity index (χ3n) is 5.53. The van der Waals surface area contributed by atoms with Crippen LogP contribution in [0.25, 0.3) is 11.6 Å². The fourth-order valence-electron chi connectivity index (χ4n) is 3.67. The summed E-state index contributed by atoms with van der Waals surface area (Å²) in [5, 5.41) is 31.6. The van der Waals surface area contributed by atoms with Crippen LogP contribution < -0.4 is 0 Å². The van der Waals surface area contributed by atoms with Gasteiger partial charge < -0.3 is 20.1 Å². The SMILES string of the molecule is C=C[C@H]([C@H](O)CC/C(=C/c1ccccc1O)c1ccccn1)[C@H](O)COCc1ccccc1. The fraction of sp³-hybridized carbons (Fsp3) is 0.250. The van der Waals surface area contributed by atoms with Crippen LogP contribution >= 0.6 is 0 Å². The Kier molecular flexibility index (Phi) is 9.39. The lowest BCUT2D eigenvalue weighted by Crippen LogP contribution is -2.33. The summed E-state index contributed by atoms with van der Waals surface area (Å²) in [4.78, 5) is 4.43. The zero-order valence-electron chi connectivity index (χ0n) is 18.6. The number of allylic oxidation sites excluding steroid dienone is 1. The van der Waals surface area contributed by atoms with Gasteiger partial charge in [-0.3, -0.25) is 4.98 Å². The highest BCUT2D eigenvalue weighted by molar-refractivity contribution is 5.81. The number of ether oxygens (including phenoxy) is 1. The molecule has 0 radical (unpaired) electrons. The van der Waals surface area contributed by atoms with E-state index in [0.717, 1.165) is 16.8 Å². The molecule has 3 aromatic rings. The number of phenolic OH excluding ortho intramolecular Hbond substituents is 1. The molecule has 0 aliphatic heterocycles. The zero-order valence-corrected chi connectivity index (χ0v) is 18.6. The topological polar surface area (TPSA) is 82.8 Å². The molecule has 3 atom stereocenters. The molecule has 0 saturated carbocycles. The summed E-state index contributed by atoms with van der Waals surface area (Å²) in [6.07, 6.45) is 4.39. The third kappa shape index (κ3) is 7.39. The monoisotopic (exact) mass is 445 g/mol. The van der Waals surface area contributed by atoms with E-state index in [1.165, 1.54) is 0 Å². The van der Waals surface area contributed by atoms with Gasteiger partial charge in [0.2, 0.25) is 0 Å². The van der Waals surface area contributed by atoms with Gasteiger partial charge in [-0.15, -0.1) is 6.58 Å². The van der Waals surface area contributed by atoms with Gasteiger partial charge in [0.25, 0.3) is 0 Å². The second kappa shape index (κ2) is 12.7. The van der Waals surface area contributed by atoms with Crippen molar-refractivity contribution in [1.82, 2.24) is 4.98 Å². The molecule has 0 bridgehead atoms. The fourth-order valence-corrected chi connectivity index (χ4v) is 3.67. The van der Waals surface area contributed by atoms with Crippen LogP contribution in [-0.2, 0) is 11.3 Å². The van der Waals surface area contributed by atoms with Crippen molar-refractivity contribution < 1.29 is 20.1 Å². The van der Waals surface area contributed by atoms with Crippen LogP contribution in [0.4, 0.5) is 0 Å². The number of benzene rings is 2. The van der Waals surface area contributed by atoms with Gasteiger partial charge in [-0.2, -0.15) is 0 Å². The minimum absolute atomic E-state index is 0.101. The average molecular weight is 446 g/mol. The Morgan fingerprint density at radius 2 is 1.67 bits per heavy atom. The van der Waals surface area contributed by atoms with Crippen molar-refractivity contribution in [2.24, 2.45) is 5.92 Å². The molecule has 0 unspecified atom stereocenters. The standard InChI is InChI=1S/C28H31NO4/c1-2-24(28(32)20-33-19-21-10-4-3-5-11-21)27(31)16-15-22(25-13-8-9-17-29-25)18-23-12-6-7-14-26(23)30/h2-14,17-18,24,27-28,30-32H,1,15-16,19-20H2/b22-18-/t24-,27-,28-/m1/s1. The predicted octanol–water partition coefficient (Wildman–Crippen LogP) is 4.85. The van der Waals surface area contributed by atoms with E-state index in [9.17, 15) is 15.3 Å². The molecule has 1 aromatic heterocycles. The number of aromatic nitrogens is 1. The summed E-state index contributed by atoms with van der Waals surface area (Å²) in [5.41, 5.74) is 3.36. The average Bonchev–Trinajstić information content (AvgIpc) is 2.84. The molecule has 1 heterocycles. The van der Waals surface area contributed by atoms with E-state index >= 15 is 0 Å².